The summed E-state index contributed by atoms with van der Waals surface area (Å²) in [5.74, 6) is 0. The molecule has 0 saturated heterocycles. The second kappa shape index (κ2) is 14.8. The first-order valence-electron chi connectivity index (χ1n) is 25.3. The van der Waals surface area contributed by atoms with E-state index in [0.29, 0.717) is 0 Å². The Kier molecular flexibility index (Phi) is 7.96. The molecule has 8 heteroatoms. The minimum Gasteiger partial charge on any atom is -0.309 e. The maximum absolute atomic E-state index is 4.82. The normalized spacial score (nSPS) is 12.8. The third-order valence-corrected chi connectivity index (χ3v) is 16.2. The van der Waals surface area contributed by atoms with Crippen LogP contribution in [-0.4, -0.2) is 37.9 Å². The van der Waals surface area contributed by atoms with Gasteiger partial charge in [-0.1, -0.05) is 103 Å². The highest BCUT2D eigenvalue weighted by Gasteiger charge is 2.29. The Bertz CT molecular complexity index is 5080. The van der Waals surface area contributed by atoms with Crippen LogP contribution in [0.3, 0.4) is 0 Å². The Labute approximate surface area is 422 Å². The molecule has 0 fully saturated rings. The summed E-state index contributed by atoms with van der Waals surface area (Å²) < 4.78 is 9.17. The highest BCUT2D eigenvalue weighted by molar-refractivity contribution is 6.19. The Hall–Kier alpha value is -9.92. The minimum atomic E-state index is 0.890. The first-order chi connectivity index (χ1) is 36.7. The highest BCUT2D eigenvalue weighted by Crippen LogP contribution is 2.49. The van der Waals surface area contributed by atoms with Crippen LogP contribution in [0.2, 0.25) is 0 Å². The van der Waals surface area contributed by atoms with Crippen LogP contribution in [0.25, 0.3) is 132 Å². The van der Waals surface area contributed by atoms with Crippen molar-refractivity contribution in [2.45, 2.75) is 12.8 Å². The Balaban J connectivity index is 0.000000122. The molecule has 0 bridgehead atoms. The molecule has 2 aliphatic rings. The van der Waals surface area contributed by atoms with Crippen molar-refractivity contribution in [2.24, 2.45) is 0 Å². The predicted octanol–water partition coefficient (Wildman–Crippen LogP) is 15.4. The number of hydrogen-bond donors (Lipinski definition) is 0. The van der Waals surface area contributed by atoms with Crippen molar-refractivity contribution in [3.8, 4) is 33.6 Å². The van der Waals surface area contributed by atoms with Crippen LogP contribution in [0, 0.1) is 0 Å². The summed E-state index contributed by atoms with van der Waals surface area (Å²) >= 11 is 0. The van der Waals surface area contributed by atoms with Gasteiger partial charge in [0.25, 0.3) is 0 Å². The highest BCUT2D eigenvalue weighted by atomic mass is 15.0. The molecular formula is C66H40N8. The molecule has 8 aromatic heterocycles. The second-order valence-electron chi connectivity index (χ2n) is 19.8. The predicted molar refractivity (Wildman–Crippen MR) is 301 cm³/mol. The molecule has 0 radical (unpaired) electrons. The zero-order valence-corrected chi connectivity index (χ0v) is 39.8. The van der Waals surface area contributed by atoms with Crippen molar-refractivity contribution < 1.29 is 0 Å². The molecule has 74 heavy (non-hydrogen) atoms. The monoisotopic (exact) mass is 944 g/mol. The maximum atomic E-state index is 4.82. The molecule has 2 aliphatic carbocycles. The number of fused-ring (bicyclic) bond motifs is 27. The number of para-hydroxylation sites is 4. The summed E-state index contributed by atoms with van der Waals surface area (Å²) in [6.07, 6.45) is 17.3. The molecule has 0 unspecified atom stereocenters. The van der Waals surface area contributed by atoms with E-state index in [1.54, 1.807) is 0 Å². The summed E-state index contributed by atoms with van der Waals surface area (Å²) in [4.78, 5) is 18.4. The molecule has 0 aliphatic heterocycles. The van der Waals surface area contributed by atoms with Gasteiger partial charge < -0.3 is 9.13 Å². The van der Waals surface area contributed by atoms with E-state index in [9.17, 15) is 0 Å². The standard InChI is InChI=1S/2C33H20N4/c1-2-6-21(7-3-1)37-29-9-5-4-8-23(29)27-16-20-17-28-22(26(20)18-30(27)37)10-11-25-24-12-13-34-19-31(24)36-15-14-35-33(36)32(25)28;1-2-6-20(7-3-1)37-28-9-5-4-8-25(28)31-26-18-27-21(22(26)12-13-29(31)37)10-11-24-23-14-15-34-19-30(23)36-17-16-35-33(36)32(24)27/h1-16,18-19H,17H2;1-17,19H,18H2. The van der Waals surface area contributed by atoms with Gasteiger partial charge in [-0.2, -0.15) is 0 Å². The number of rotatable bonds is 2. The first kappa shape index (κ1) is 39.8. The molecule has 0 amide bonds. The lowest BCUT2D eigenvalue weighted by Crippen LogP contribution is -1.94. The molecule has 0 spiro atoms. The Morgan fingerprint density at radius 2 is 0.824 bits per heavy atom. The molecule has 8 nitrogen and oxygen atoms in total. The van der Waals surface area contributed by atoms with Crippen molar-refractivity contribution >= 4 is 98.3 Å². The van der Waals surface area contributed by atoms with E-state index in [4.69, 9.17) is 9.97 Å². The maximum Gasteiger partial charge on any atom is 0.145 e. The molecular weight excluding hydrogens is 905 g/mol. The molecule has 8 heterocycles. The van der Waals surface area contributed by atoms with Crippen molar-refractivity contribution in [3.63, 3.8) is 0 Å². The van der Waals surface area contributed by atoms with Crippen molar-refractivity contribution in [3.05, 3.63) is 242 Å². The van der Waals surface area contributed by atoms with Gasteiger partial charge in [-0.15, -0.1) is 0 Å². The van der Waals surface area contributed by atoms with Crippen LogP contribution in [0.1, 0.15) is 22.3 Å². The van der Waals surface area contributed by atoms with Crippen LogP contribution in [0.15, 0.2) is 219 Å². The SMILES string of the molecule is c1ccc(-n2c3ccccc3c3c4c(ccc32)-c2ccc3c5ccncc5n5ccnc5c3c2C4)cc1.c1ccc(-n2c3ccccc3c3cc4c(cc32)-c2ccc3c5ccncc5n5ccnc5c3c2C4)cc1. The van der Waals surface area contributed by atoms with Gasteiger partial charge in [0.1, 0.15) is 11.3 Å². The molecule has 16 aromatic rings. The van der Waals surface area contributed by atoms with Crippen LogP contribution < -0.4 is 0 Å². The number of pyridine rings is 4. The number of nitrogens with zero attached hydrogens (tertiary/aromatic N) is 8. The average Bonchev–Trinajstić information content (AvgIpc) is 4.36. The van der Waals surface area contributed by atoms with Gasteiger partial charge in [0.2, 0.25) is 0 Å². The zero-order chi connectivity index (χ0) is 48.2. The van der Waals surface area contributed by atoms with Gasteiger partial charge in [-0.25, -0.2) is 9.97 Å². The molecule has 0 saturated carbocycles. The van der Waals surface area contributed by atoms with E-state index in [1.165, 1.54) is 132 Å². The summed E-state index contributed by atoms with van der Waals surface area (Å²) in [7, 11) is 0. The van der Waals surface area contributed by atoms with E-state index in [0.717, 1.165) is 35.2 Å². The fourth-order valence-corrected chi connectivity index (χ4v) is 13.2. The van der Waals surface area contributed by atoms with Gasteiger partial charge in [0.05, 0.1) is 45.5 Å². The van der Waals surface area contributed by atoms with Gasteiger partial charge in [-0.05, 0) is 128 Å². The largest absolute Gasteiger partial charge is 0.309 e. The van der Waals surface area contributed by atoms with Crippen LogP contribution >= 0.6 is 0 Å². The topological polar surface area (TPSA) is 70.2 Å². The molecule has 0 N–H and O–H groups in total. The fraction of sp³-hybridized carbons (Fsp3) is 0.0303. The zero-order valence-electron chi connectivity index (χ0n) is 39.8. The minimum absolute atomic E-state index is 0.890. The third-order valence-electron chi connectivity index (χ3n) is 16.2. The number of imidazole rings is 2. The lowest BCUT2D eigenvalue weighted by Gasteiger charge is -2.12. The summed E-state index contributed by atoms with van der Waals surface area (Å²) in [6, 6.07) is 61.8. The Morgan fingerprint density at radius 1 is 0.324 bits per heavy atom. The lowest BCUT2D eigenvalue weighted by molar-refractivity contribution is 1.18. The lowest BCUT2D eigenvalue weighted by atomic mass is 9.97. The number of benzene rings is 8. The van der Waals surface area contributed by atoms with E-state index in [1.807, 2.05) is 49.6 Å². The molecule has 344 valence electrons. The van der Waals surface area contributed by atoms with Crippen molar-refractivity contribution in [1.82, 2.24) is 37.9 Å². The molecule has 0 atom stereocenters. The van der Waals surface area contributed by atoms with Crippen LogP contribution in [0.5, 0.6) is 0 Å². The van der Waals surface area contributed by atoms with E-state index >= 15 is 0 Å². The molecule has 8 aromatic carbocycles. The van der Waals surface area contributed by atoms with Gasteiger partial charge >= 0.3 is 0 Å². The van der Waals surface area contributed by atoms with Crippen molar-refractivity contribution in [1.29, 1.82) is 0 Å². The fourth-order valence-electron chi connectivity index (χ4n) is 13.2. The van der Waals surface area contributed by atoms with E-state index < -0.39 is 0 Å². The number of aromatic nitrogens is 8. The quantitative estimate of drug-likeness (QED) is 0.162. The van der Waals surface area contributed by atoms with Gasteiger partial charge in [0, 0.05) is 98.1 Å². The second-order valence-corrected chi connectivity index (χ2v) is 19.8. The van der Waals surface area contributed by atoms with Crippen LogP contribution in [-0.2, 0) is 12.8 Å². The van der Waals surface area contributed by atoms with Gasteiger partial charge in [-0.3, -0.25) is 18.8 Å². The smallest absolute Gasteiger partial charge is 0.145 e. The van der Waals surface area contributed by atoms with E-state index in [2.05, 4.69) is 198 Å². The third kappa shape index (κ3) is 5.30. The first-order valence-corrected chi connectivity index (χ1v) is 25.3. The van der Waals surface area contributed by atoms with Gasteiger partial charge in [0.15, 0.2) is 0 Å². The molecule has 18 rings (SSSR count). The Morgan fingerprint density at radius 3 is 1.46 bits per heavy atom. The average molecular weight is 945 g/mol. The van der Waals surface area contributed by atoms with Crippen molar-refractivity contribution in [2.75, 3.05) is 0 Å². The summed E-state index contributed by atoms with van der Waals surface area (Å²) in [6.45, 7) is 0. The summed E-state index contributed by atoms with van der Waals surface area (Å²) in [5.41, 5.74) is 22.4. The summed E-state index contributed by atoms with van der Waals surface area (Å²) in [5, 5.41) is 12.6. The number of hydrogen-bond acceptors (Lipinski definition) is 4. The van der Waals surface area contributed by atoms with Crippen LogP contribution in [0.4, 0.5) is 0 Å². The van der Waals surface area contributed by atoms with E-state index in [-0.39, 0.29) is 0 Å².